The molecule has 0 saturated heterocycles. The molecule has 3 nitrogen and oxygen atoms in total. The number of benzene rings is 3. The topological polar surface area (TPSA) is 30.8 Å². The van der Waals surface area contributed by atoms with Gasteiger partial charge in [0.05, 0.1) is 11.9 Å². The van der Waals surface area contributed by atoms with Crippen molar-refractivity contribution in [3.8, 4) is 11.5 Å². The predicted octanol–water partition coefficient (Wildman–Crippen LogP) is 6.56. The summed E-state index contributed by atoms with van der Waals surface area (Å²) in [6, 6.07) is 29.2. The van der Waals surface area contributed by atoms with Gasteiger partial charge in [0.15, 0.2) is 0 Å². The minimum Gasteiger partial charge on any atom is -0.465 e. The van der Waals surface area contributed by atoms with Crippen LogP contribution in [0.3, 0.4) is 0 Å². The summed E-state index contributed by atoms with van der Waals surface area (Å²) in [5.74, 6) is 2.07. The molecule has 0 aliphatic heterocycles. The maximum Gasteiger partial charge on any atom is 0.226 e. The molecule has 136 valence electrons. The fraction of sp³-hybridized carbons (Fsp3) is 0.125. The average molecular weight is 357 g/mol. The molecule has 0 bridgehead atoms. The Morgan fingerprint density at radius 3 is 1.93 bits per heavy atom. The van der Waals surface area contributed by atoms with E-state index in [0.717, 1.165) is 35.6 Å². The van der Waals surface area contributed by atoms with Crippen LogP contribution in [0.25, 0.3) is 0 Å². The Morgan fingerprint density at radius 2 is 1.33 bits per heavy atom. The van der Waals surface area contributed by atoms with Crippen molar-refractivity contribution in [1.29, 1.82) is 0 Å². The van der Waals surface area contributed by atoms with Crippen molar-refractivity contribution in [2.45, 2.75) is 19.8 Å². The fourth-order valence-corrected chi connectivity index (χ4v) is 2.50. The van der Waals surface area contributed by atoms with E-state index < -0.39 is 0 Å². The zero-order chi connectivity index (χ0) is 18.7. The van der Waals surface area contributed by atoms with E-state index >= 15 is 0 Å². The van der Waals surface area contributed by atoms with Crippen LogP contribution in [0, 0.1) is 0 Å². The van der Waals surface area contributed by atoms with Crippen molar-refractivity contribution >= 4 is 11.6 Å². The number of hydrogen-bond donors (Lipinski definition) is 0. The molecule has 0 N–H and O–H groups in total. The Morgan fingerprint density at radius 1 is 0.778 bits per heavy atom. The standard InChI is InChI=1S/C24H23NO2/c1-2-12-20(19-26-22-15-8-4-9-16-22)24(25-21-13-6-3-7-14-21)27-23-17-10-5-11-18-23/h3-11,13-19H,2,12H2,1H3/b20-19+,25-24+. The SMILES string of the molecule is CCCC(=C\Oc1ccccc1)/C(=N\c1ccccc1)Oc1ccccc1. The zero-order valence-corrected chi connectivity index (χ0v) is 15.4. The van der Waals surface area contributed by atoms with Crippen LogP contribution in [0.4, 0.5) is 5.69 Å². The van der Waals surface area contributed by atoms with Gasteiger partial charge < -0.3 is 9.47 Å². The molecule has 0 aromatic heterocycles. The third kappa shape index (κ3) is 5.86. The van der Waals surface area contributed by atoms with E-state index in [1.165, 1.54) is 0 Å². The smallest absolute Gasteiger partial charge is 0.226 e. The minimum atomic E-state index is 0.546. The summed E-state index contributed by atoms with van der Waals surface area (Å²) in [4.78, 5) is 4.73. The lowest BCUT2D eigenvalue weighted by Crippen LogP contribution is -2.13. The summed E-state index contributed by atoms with van der Waals surface area (Å²) >= 11 is 0. The molecule has 0 spiro atoms. The Kier molecular flexibility index (Phi) is 6.82. The lowest BCUT2D eigenvalue weighted by Gasteiger charge is -2.13. The second kappa shape index (κ2) is 9.97. The number of rotatable bonds is 7. The van der Waals surface area contributed by atoms with E-state index in [2.05, 4.69) is 6.92 Å². The molecule has 3 rings (SSSR count). The summed E-state index contributed by atoms with van der Waals surface area (Å²) in [6.07, 6.45) is 3.49. The van der Waals surface area contributed by atoms with Gasteiger partial charge in [0.25, 0.3) is 0 Å². The van der Waals surface area contributed by atoms with E-state index in [0.29, 0.717) is 5.90 Å². The van der Waals surface area contributed by atoms with Crippen LogP contribution in [0.2, 0.25) is 0 Å². The van der Waals surface area contributed by atoms with Crippen molar-refractivity contribution in [3.63, 3.8) is 0 Å². The lowest BCUT2D eigenvalue weighted by atomic mass is 10.1. The second-order valence-corrected chi connectivity index (χ2v) is 5.99. The minimum absolute atomic E-state index is 0.546. The van der Waals surface area contributed by atoms with Gasteiger partial charge >= 0.3 is 0 Å². The molecular formula is C24H23NO2. The Hall–Kier alpha value is -3.33. The first kappa shape index (κ1) is 18.5. The third-order valence-electron chi connectivity index (χ3n) is 3.82. The van der Waals surface area contributed by atoms with Crippen LogP contribution < -0.4 is 9.47 Å². The third-order valence-corrected chi connectivity index (χ3v) is 3.82. The highest BCUT2D eigenvalue weighted by atomic mass is 16.5. The highest BCUT2D eigenvalue weighted by molar-refractivity contribution is 5.96. The first-order chi connectivity index (χ1) is 13.3. The Bertz CT molecular complexity index is 872. The molecule has 3 aromatic carbocycles. The monoisotopic (exact) mass is 357 g/mol. The van der Waals surface area contributed by atoms with Gasteiger partial charge in [-0.3, -0.25) is 0 Å². The molecule has 3 heteroatoms. The van der Waals surface area contributed by atoms with E-state index in [1.54, 1.807) is 6.26 Å². The van der Waals surface area contributed by atoms with E-state index in [4.69, 9.17) is 14.5 Å². The van der Waals surface area contributed by atoms with Crippen molar-refractivity contribution < 1.29 is 9.47 Å². The predicted molar refractivity (Wildman–Crippen MR) is 111 cm³/mol. The molecule has 27 heavy (non-hydrogen) atoms. The van der Waals surface area contributed by atoms with E-state index in [1.807, 2.05) is 91.0 Å². The summed E-state index contributed by atoms with van der Waals surface area (Å²) < 4.78 is 12.0. The molecule has 0 aliphatic rings. The highest BCUT2D eigenvalue weighted by Crippen LogP contribution is 2.20. The number of ether oxygens (including phenoxy) is 2. The van der Waals surface area contributed by atoms with Crippen molar-refractivity contribution in [2.75, 3.05) is 0 Å². The Balaban J connectivity index is 1.93. The fourth-order valence-electron chi connectivity index (χ4n) is 2.50. The van der Waals surface area contributed by atoms with Gasteiger partial charge in [-0.15, -0.1) is 0 Å². The quantitative estimate of drug-likeness (QED) is 0.272. The molecule has 0 heterocycles. The van der Waals surface area contributed by atoms with Gasteiger partial charge in [0.1, 0.15) is 11.5 Å². The van der Waals surface area contributed by atoms with Gasteiger partial charge in [-0.2, -0.15) is 0 Å². The largest absolute Gasteiger partial charge is 0.465 e. The van der Waals surface area contributed by atoms with Crippen LogP contribution in [0.5, 0.6) is 11.5 Å². The maximum atomic E-state index is 6.12. The summed E-state index contributed by atoms with van der Waals surface area (Å²) in [5, 5.41) is 0. The first-order valence-corrected chi connectivity index (χ1v) is 9.13. The van der Waals surface area contributed by atoms with E-state index in [-0.39, 0.29) is 0 Å². The van der Waals surface area contributed by atoms with Crippen molar-refractivity contribution in [2.24, 2.45) is 4.99 Å². The van der Waals surface area contributed by atoms with Crippen LogP contribution in [0.1, 0.15) is 19.8 Å². The normalized spacial score (nSPS) is 11.9. The molecule has 0 amide bonds. The highest BCUT2D eigenvalue weighted by Gasteiger charge is 2.11. The zero-order valence-electron chi connectivity index (χ0n) is 15.4. The lowest BCUT2D eigenvalue weighted by molar-refractivity contribution is 0.470. The maximum absolute atomic E-state index is 6.12. The van der Waals surface area contributed by atoms with Gasteiger partial charge in [0, 0.05) is 5.57 Å². The molecule has 0 fully saturated rings. The van der Waals surface area contributed by atoms with Crippen molar-refractivity contribution in [3.05, 3.63) is 103 Å². The summed E-state index contributed by atoms with van der Waals surface area (Å²) in [7, 11) is 0. The molecule has 0 atom stereocenters. The Labute approximate surface area is 160 Å². The molecule has 0 saturated carbocycles. The second-order valence-electron chi connectivity index (χ2n) is 5.99. The molecule has 0 radical (unpaired) electrons. The van der Waals surface area contributed by atoms with Crippen LogP contribution in [0.15, 0.2) is 108 Å². The van der Waals surface area contributed by atoms with Crippen LogP contribution in [-0.4, -0.2) is 5.90 Å². The van der Waals surface area contributed by atoms with Gasteiger partial charge in [0.2, 0.25) is 5.90 Å². The van der Waals surface area contributed by atoms with Gasteiger partial charge in [-0.25, -0.2) is 4.99 Å². The average Bonchev–Trinajstić information content (AvgIpc) is 2.73. The molecular weight excluding hydrogens is 334 g/mol. The molecule has 0 unspecified atom stereocenters. The van der Waals surface area contributed by atoms with Crippen LogP contribution >= 0.6 is 0 Å². The van der Waals surface area contributed by atoms with E-state index in [9.17, 15) is 0 Å². The summed E-state index contributed by atoms with van der Waals surface area (Å²) in [6.45, 7) is 2.12. The summed E-state index contributed by atoms with van der Waals surface area (Å²) in [5.41, 5.74) is 1.75. The molecule has 0 aliphatic carbocycles. The van der Waals surface area contributed by atoms with Crippen molar-refractivity contribution in [1.82, 2.24) is 0 Å². The number of aliphatic imine (C=N–C) groups is 1. The first-order valence-electron chi connectivity index (χ1n) is 9.13. The van der Waals surface area contributed by atoms with Gasteiger partial charge in [-0.1, -0.05) is 67.9 Å². The number of hydrogen-bond acceptors (Lipinski definition) is 3. The number of para-hydroxylation sites is 3. The van der Waals surface area contributed by atoms with Crippen LogP contribution in [-0.2, 0) is 0 Å². The van der Waals surface area contributed by atoms with Gasteiger partial charge in [-0.05, 0) is 42.8 Å². The molecule has 3 aromatic rings. The number of nitrogens with zero attached hydrogens (tertiary/aromatic N) is 1.